The van der Waals surface area contributed by atoms with E-state index in [-0.39, 0.29) is 5.91 Å². The van der Waals surface area contributed by atoms with E-state index in [1.807, 2.05) is 18.3 Å². The van der Waals surface area contributed by atoms with Gasteiger partial charge in [0.25, 0.3) is 0 Å². The SMILES string of the molecule is CCNC(=O)CN1CCc2sccc2[C@H]1C. The zero-order valence-electron chi connectivity index (χ0n) is 9.82. The van der Waals surface area contributed by atoms with Crippen molar-refractivity contribution in [1.82, 2.24) is 10.2 Å². The highest BCUT2D eigenvalue weighted by Crippen LogP contribution is 2.32. The molecule has 1 amide bonds. The van der Waals surface area contributed by atoms with Crippen molar-refractivity contribution in [2.45, 2.75) is 26.3 Å². The van der Waals surface area contributed by atoms with Crippen molar-refractivity contribution in [3.8, 4) is 0 Å². The van der Waals surface area contributed by atoms with Crippen LogP contribution < -0.4 is 5.32 Å². The highest BCUT2D eigenvalue weighted by molar-refractivity contribution is 7.10. The number of hydrogen-bond donors (Lipinski definition) is 1. The van der Waals surface area contributed by atoms with E-state index in [1.54, 1.807) is 0 Å². The fourth-order valence-corrected chi connectivity index (χ4v) is 3.18. The van der Waals surface area contributed by atoms with E-state index in [0.29, 0.717) is 19.1 Å². The molecule has 0 fully saturated rings. The topological polar surface area (TPSA) is 32.3 Å². The quantitative estimate of drug-likeness (QED) is 0.871. The van der Waals surface area contributed by atoms with E-state index in [1.165, 1.54) is 10.4 Å². The van der Waals surface area contributed by atoms with E-state index < -0.39 is 0 Å². The molecule has 3 nitrogen and oxygen atoms in total. The molecule has 4 heteroatoms. The molecule has 0 radical (unpaired) electrons. The predicted octanol–water partition coefficient (Wildman–Crippen LogP) is 1.80. The Labute approximate surface area is 100 Å². The molecule has 0 unspecified atom stereocenters. The van der Waals surface area contributed by atoms with Crippen LogP contribution in [0.2, 0.25) is 0 Å². The molecule has 1 atom stereocenters. The molecule has 1 aromatic rings. The van der Waals surface area contributed by atoms with Crippen LogP contribution in [0.3, 0.4) is 0 Å². The maximum Gasteiger partial charge on any atom is 0.234 e. The number of hydrogen-bond acceptors (Lipinski definition) is 3. The Morgan fingerprint density at radius 3 is 3.25 bits per heavy atom. The molecule has 2 rings (SSSR count). The summed E-state index contributed by atoms with van der Waals surface area (Å²) < 4.78 is 0. The zero-order valence-corrected chi connectivity index (χ0v) is 10.6. The van der Waals surface area contributed by atoms with Crippen molar-refractivity contribution < 1.29 is 4.79 Å². The Morgan fingerprint density at radius 2 is 2.50 bits per heavy atom. The number of amides is 1. The summed E-state index contributed by atoms with van der Waals surface area (Å²) in [6, 6.07) is 2.56. The normalized spacial score (nSPS) is 20.5. The van der Waals surface area contributed by atoms with Crippen LogP contribution in [0, 0.1) is 0 Å². The van der Waals surface area contributed by atoms with Crippen molar-refractivity contribution >= 4 is 17.2 Å². The van der Waals surface area contributed by atoms with Gasteiger partial charge in [0.15, 0.2) is 0 Å². The number of carbonyl (C=O) groups excluding carboxylic acids is 1. The lowest BCUT2D eigenvalue weighted by Crippen LogP contribution is -2.41. The van der Waals surface area contributed by atoms with Crippen molar-refractivity contribution in [1.29, 1.82) is 0 Å². The van der Waals surface area contributed by atoms with Gasteiger partial charge >= 0.3 is 0 Å². The number of thiophene rings is 1. The first-order valence-corrected chi connectivity index (χ1v) is 6.67. The van der Waals surface area contributed by atoms with Gasteiger partial charge < -0.3 is 5.32 Å². The third-order valence-electron chi connectivity index (χ3n) is 3.12. The first-order valence-electron chi connectivity index (χ1n) is 5.79. The van der Waals surface area contributed by atoms with Crippen LogP contribution in [0.4, 0.5) is 0 Å². The molecule has 1 N–H and O–H groups in total. The van der Waals surface area contributed by atoms with Crippen LogP contribution in [-0.4, -0.2) is 30.4 Å². The number of rotatable bonds is 3. The standard InChI is InChI=1S/C12H18N2OS/c1-3-13-12(15)8-14-6-4-11-10(9(14)2)5-7-16-11/h5,7,9H,3-4,6,8H2,1-2H3,(H,13,15)/t9-/m1/s1. The highest BCUT2D eigenvalue weighted by atomic mass is 32.1. The number of nitrogens with one attached hydrogen (secondary N) is 1. The smallest absolute Gasteiger partial charge is 0.234 e. The molecule has 0 spiro atoms. The number of likely N-dealkylation sites (N-methyl/N-ethyl adjacent to an activating group) is 1. The number of carbonyl (C=O) groups is 1. The van der Waals surface area contributed by atoms with Crippen molar-refractivity contribution in [3.63, 3.8) is 0 Å². The van der Waals surface area contributed by atoms with Crippen LogP contribution in [0.25, 0.3) is 0 Å². The molecule has 0 bridgehead atoms. The minimum atomic E-state index is 0.132. The molecule has 1 aliphatic rings. The molecular formula is C12H18N2OS. The van der Waals surface area contributed by atoms with E-state index in [4.69, 9.17) is 0 Å². The maximum atomic E-state index is 11.6. The van der Waals surface area contributed by atoms with E-state index >= 15 is 0 Å². The lowest BCUT2D eigenvalue weighted by Gasteiger charge is -2.32. The van der Waals surface area contributed by atoms with Crippen LogP contribution >= 0.6 is 11.3 Å². The summed E-state index contributed by atoms with van der Waals surface area (Å²) in [5, 5.41) is 5.00. The Balaban J connectivity index is 2.01. The fraction of sp³-hybridized carbons (Fsp3) is 0.583. The Bertz CT molecular complexity index is 375. The minimum absolute atomic E-state index is 0.132. The molecular weight excluding hydrogens is 220 g/mol. The molecule has 16 heavy (non-hydrogen) atoms. The third kappa shape index (κ3) is 2.28. The van der Waals surface area contributed by atoms with E-state index in [9.17, 15) is 4.79 Å². The van der Waals surface area contributed by atoms with Crippen LogP contribution in [0.1, 0.15) is 30.3 Å². The second kappa shape index (κ2) is 4.97. The van der Waals surface area contributed by atoms with Gasteiger partial charge in [0.1, 0.15) is 0 Å². The zero-order chi connectivity index (χ0) is 11.5. The molecule has 1 aliphatic heterocycles. The summed E-state index contributed by atoms with van der Waals surface area (Å²) in [7, 11) is 0. The fourth-order valence-electron chi connectivity index (χ4n) is 2.21. The molecule has 0 aromatic carbocycles. The van der Waals surface area contributed by atoms with Gasteiger partial charge in [-0.25, -0.2) is 0 Å². The summed E-state index contributed by atoms with van der Waals surface area (Å²) in [4.78, 5) is 15.3. The summed E-state index contributed by atoms with van der Waals surface area (Å²) in [5.74, 6) is 0.132. The minimum Gasteiger partial charge on any atom is -0.355 e. The van der Waals surface area contributed by atoms with E-state index in [0.717, 1.165) is 13.0 Å². The number of nitrogens with zero attached hydrogens (tertiary/aromatic N) is 1. The first-order chi connectivity index (χ1) is 7.72. The van der Waals surface area contributed by atoms with Crippen LogP contribution in [0.5, 0.6) is 0 Å². The summed E-state index contributed by atoms with van der Waals surface area (Å²) in [5.41, 5.74) is 1.40. The van der Waals surface area contributed by atoms with E-state index in [2.05, 4.69) is 28.6 Å². The van der Waals surface area contributed by atoms with Gasteiger partial charge in [0, 0.05) is 24.0 Å². The van der Waals surface area contributed by atoms with Crippen molar-refractivity contribution in [3.05, 3.63) is 21.9 Å². The molecule has 0 saturated heterocycles. The number of fused-ring (bicyclic) bond motifs is 1. The van der Waals surface area contributed by atoms with Gasteiger partial charge in [0.2, 0.25) is 5.91 Å². The first kappa shape index (κ1) is 11.6. The van der Waals surface area contributed by atoms with Gasteiger partial charge in [-0.05, 0) is 37.3 Å². The van der Waals surface area contributed by atoms with Crippen molar-refractivity contribution in [2.75, 3.05) is 19.6 Å². The predicted molar refractivity (Wildman–Crippen MR) is 66.7 cm³/mol. The average molecular weight is 238 g/mol. The highest BCUT2D eigenvalue weighted by Gasteiger charge is 2.25. The second-order valence-corrected chi connectivity index (χ2v) is 5.15. The van der Waals surface area contributed by atoms with Crippen LogP contribution in [0.15, 0.2) is 11.4 Å². The Hall–Kier alpha value is -0.870. The third-order valence-corrected chi connectivity index (χ3v) is 4.12. The summed E-state index contributed by atoms with van der Waals surface area (Å²) >= 11 is 1.83. The average Bonchev–Trinajstić information content (AvgIpc) is 2.71. The lowest BCUT2D eigenvalue weighted by atomic mass is 10.0. The Morgan fingerprint density at radius 1 is 1.69 bits per heavy atom. The van der Waals surface area contributed by atoms with Crippen LogP contribution in [-0.2, 0) is 11.2 Å². The molecule has 0 aliphatic carbocycles. The monoisotopic (exact) mass is 238 g/mol. The molecule has 1 aromatic heterocycles. The molecule has 2 heterocycles. The van der Waals surface area contributed by atoms with Gasteiger partial charge in [-0.3, -0.25) is 9.69 Å². The maximum absolute atomic E-state index is 11.6. The van der Waals surface area contributed by atoms with Gasteiger partial charge in [-0.15, -0.1) is 11.3 Å². The lowest BCUT2D eigenvalue weighted by molar-refractivity contribution is -0.122. The molecule has 88 valence electrons. The van der Waals surface area contributed by atoms with Crippen molar-refractivity contribution in [2.24, 2.45) is 0 Å². The largest absolute Gasteiger partial charge is 0.355 e. The van der Waals surface area contributed by atoms with Gasteiger partial charge in [-0.1, -0.05) is 0 Å². The van der Waals surface area contributed by atoms with Gasteiger partial charge in [-0.2, -0.15) is 0 Å². The van der Waals surface area contributed by atoms with Gasteiger partial charge in [0.05, 0.1) is 6.54 Å². The second-order valence-electron chi connectivity index (χ2n) is 4.15. The molecule has 0 saturated carbocycles. The summed E-state index contributed by atoms with van der Waals surface area (Å²) in [6.45, 7) is 6.36. The Kier molecular flexibility index (Phi) is 3.61. The summed E-state index contributed by atoms with van der Waals surface area (Å²) in [6.07, 6.45) is 1.08.